The van der Waals surface area contributed by atoms with Gasteiger partial charge in [0.25, 0.3) is 0 Å². The molecule has 2 heterocycles. The van der Waals surface area contributed by atoms with Crippen molar-refractivity contribution in [3.8, 4) is 11.5 Å². The molecule has 0 saturated carbocycles. The molecule has 1 aliphatic heterocycles. The minimum atomic E-state index is -0.253. The van der Waals surface area contributed by atoms with Crippen LogP contribution in [0.25, 0.3) is 10.9 Å². The van der Waals surface area contributed by atoms with E-state index < -0.39 is 0 Å². The second kappa shape index (κ2) is 10.1. The van der Waals surface area contributed by atoms with E-state index in [1.54, 1.807) is 18.2 Å². The van der Waals surface area contributed by atoms with E-state index in [0.29, 0.717) is 32.1 Å². The smallest absolute Gasteiger partial charge is 0.410 e. The third-order valence-electron chi connectivity index (χ3n) is 5.40. The lowest BCUT2D eigenvalue weighted by Gasteiger charge is -2.33. The number of ether oxygens (including phenoxy) is 3. The normalized spacial score (nSPS) is 14.4. The molecule has 162 valence electrons. The Morgan fingerprint density at radius 2 is 1.84 bits per heavy atom. The number of carbonyl (C=O) groups is 1. The molecule has 1 aromatic heterocycles. The second-order valence-electron chi connectivity index (χ2n) is 7.42. The maximum absolute atomic E-state index is 12.3. The molecule has 1 aliphatic rings. The summed E-state index contributed by atoms with van der Waals surface area (Å²) in [5.41, 5.74) is 1.87. The highest BCUT2D eigenvalue weighted by molar-refractivity contribution is 5.86. The van der Waals surface area contributed by atoms with Gasteiger partial charge >= 0.3 is 6.09 Å². The Morgan fingerprint density at radius 3 is 2.61 bits per heavy atom. The minimum Gasteiger partial charge on any atom is -0.495 e. The molecule has 0 atom stereocenters. The van der Waals surface area contributed by atoms with Crippen molar-refractivity contribution in [3.63, 3.8) is 0 Å². The number of hydrogen-bond donors (Lipinski definition) is 0. The monoisotopic (exact) mass is 421 g/mol. The fourth-order valence-corrected chi connectivity index (χ4v) is 3.59. The number of pyridine rings is 1. The molecular formula is C24H27N3O4. The molecule has 0 unspecified atom stereocenters. The van der Waals surface area contributed by atoms with Crippen LogP contribution in [-0.2, 0) is 11.3 Å². The fraction of sp³-hybridized carbons (Fsp3) is 0.333. The highest BCUT2D eigenvalue weighted by Gasteiger charge is 2.22. The summed E-state index contributed by atoms with van der Waals surface area (Å²) < 4.78 is 16.8. The highest BCUT2D eigenvalue weighted by Crippen LogP contribution is 2.27. The molecule has 7 nitrogen and oxygen atoms in total. The van der Waals surface area contributed by atoms with Crippen molar-refractivity contribution >= 4 is 17.0 Å². The van der Waals surface area contributed by atoms with Crippen molar-refractivity contribution in [1.82, 2.24) is 14.8 Å². The van der Waals surface area contributed by atoms with E-state index in [1.165, 1.54) is 0 Å². The SMILES string of the molecule is COc1cnc2cccc(OCCN3CCN(C(=O)OCc4ccccc4)CC3)c2c1. The van der Waals surface area contributed by atoms with Crippen LogP contribution in [0.5, 0.6) is 11.5 Å². The third kappa shape index (κ3) is 5.44. The van der Waals surface area contributed by atoms with Gasteiger partial charge < -0.3 is 19.1 Å². The fourth-order valence-electron chi connectivity index (χ4n) is 3.59. The number of benzene rings is 2. The van der Waals surface area contributed by atoms with Crippen molar-refractivity contribution < 1.29 is 19.0 Å². The van der Waals surface area contributed by atoms with Crippen LogP contribution in [0.15, 0.2) is 60.8 Å². The Kier molecular flexibility index (Phi) is 6.84. The number of rotatable bonds is 7. The standard InChI is InChI=1S/C24H27N3O4/c1-29-20-16-21-22(25-17-20)8-5-9-23(21)30-15-14-26-10-12-27(13-11-26)24(28)31-18-19-6-3-2-4-7-19/h2-9,16-17H,10-15,18H2,1H3. The summed E-state index contributed by atoms with van der Waals surface area (Å²) in [6.07, 6.45) is 1.45. The van der Waals surface area contributed by atoms with Crippen molar-refractivity contribution in [1.29, 1.82) is 0 Å². The predicted octanol–water partition coefficient (Wildman–Crippen LogP) is 3.58. The molecule has 4 rings (SSSR count). The lowest BCUT2D eigenvalue weighted by Crippen LogP contribution is -2.49. The summed E-state index contributed by atoms with van der Waals surface area (Å²) in [7, 11) is 1.63. The topological polar surface area (TPSA) is 64.1 Å². The van der Waals surface area contributed by atoms with Gasteiger partial charge in [-0.3, -0.25) is 9.88 Å². The summed E-state index contributed by atoms with van der Waals surface area (Å²) in [6.45, 7) is 4.57. The van der Waals surface area contributed by atoms with Crippen LogP contribution in [0.2, 0.25) is 0 Å². The van der Waals surface area contributed by atoms with Crippen LogP contribution < -0.4 is 9.47 Å². The zero-order valence-electron chi connectivity index (χ0n) is 17.7. The minimum absolute atomic E-state index is 0.253. The van der Waals surface area contributed by atoms with Gasteiger partial charge in [0.2, 0.25) is 0 Å². The van der Waals surface area contributed by atoms with Gasteiger partial charge in [0, 0.05) is 38.1 Å². The van der Waals surface area contributed by atoms with Crippen LogP contribution in [0.4, 0.5) is 4.79 Å². The first-order valence-electron chi connectivity index (χ1n) is 10.5. The molecule has 1 fully saturated rings. The lowest BCUT2D eigenvalue weighted by molar-refractivity contribution is 0.0684. The number of aromatic nitrogens is 1. The molecule has 31 heavy (non-hydrogen) atoms. The second-order valence-corrected chi connectivity index (χ2v) is 7.42. The zero-order valence-corrected chi connectivity index (χ0v) is 17.7. The van der Waals surface area contributed by atoms with Crippen LogP contribution in [0, 0.1) is 0 Å². The molecule has 0 spiro atoms. The lowest BCUT2D eigenvalue weighted by atomic mass is 10.2. The summed E-state index contributed by atoms with van der Waals surface area (Å²) in [5, 5.41) is 0.938. The molecule has 0 bridgehead atoms. The Morgan fingerprint density at radius 1 is 1.03 bits per heavy atom. The van der Waals surface area contributed by atoms with E-state index in [2.05, 4.69) is 9.88 Å². The summed E-state index contributed by atoms with van der Waals surface area (Å²) in [5.74, 6) is 1.51. The first kappa shape index (κ1) is 20.9. The number of fused-ring (bicyclic) bond motifs is 1. The third-order valence-corrected chi connectivity index (χ3v) is 5.40. The van der Waals surface area contributed by atoms with Crippen molar-refractivity contribution in [2.24, 2.45) is 0 Å². The van der Waals surface area contributed by atoms with Crippen LogP contribution in [0.3, 0.4) is 0 Å². The van der Waals surface area contributed by atoms with Crippen molar-refractivity contribution in [2.45, 2.75) is 6.61 Å². The van der Waals surface area contributed by atoms with Crippen molar-refractivity contribution in [3.05, 3.63) is 66.4 Å². The van der Waals surface area contributed by atoms with E-state index in [9.17, 15) is 4.79 Å². The van der Waals surface area contributed by atoms with Gasteiger partial charge in [0.05, 0.1) is 18.8 Å². The van der Waals surface area contributed by atoms with Gasteiger partial charge in [-0.25, -0.2) is 4.79 Å². The van der Waals surface area contributed by atoms with Crippen molar-refractivity contribution in [2.75, 3.05) is 46.4 Å². The molecule has 3 aromatic rings. The zero-order chi connectivity index (χ0) is 21.5. The largest absolute Gasteiger partial charge is 0.495 e. The number of nitrogens with zero attached hydrogens (tertiary/aromatic N) is 3. The average Bonchev–Trinajstić information content (AvgIpc) is 2.83. The Hall–Kier alpha value is -3.32. The van der Waals surface area contributed by atoms with Gasteiger partial charge in [-0.15, -0.1) is 0 Å². The van der Waals surface area contributed by atoms with E-state index in [-0.39, 0.29) is 6.09 Å². The van der Waals surface area contributed by atoms with Gasteiger partial charge in [-0.1, -0.05) is 36.4 Å². The van der Waals surface area contributed by atoms with Crippen LogP contribution in [0.1, 0.15) is 5.56 Å². The van der Waals surface area contributed by atoms with E-state index >= 15 is 0 Å². The molecule has 0 N–H and O–H groups in total. The maximum atomic E-state index is 12.3. The van der Waals surface area contributed by atoms with E-state index in [1.807, 2.05) is 54.6 Å². The summed E-state index contributed by atoms with van der Waals surface area (Å²) >= 11 is 0. The first-order valence-corrected chi connectivity index (χ1v) is 10.5. The van der Waals surface area contributed by atoms with E-state index in [4.69, 9.17) is 14.2 Å². The predicted molar refractivity (Wildman–Crippen MR) is 118 cm³/mol. The number of carbonyl (C=O) groups excluding carboxylic acids is 1. The molecule has 1 amide bonds. The molecular weight excluding hydrogens is 394 g/mol. The van der Waals surface area contributed by atoms with Crippen LogP contribution >= 0.6 is 0 Å². The molecule has 0 aliphatic carbocycles. The molecule has 1 saturated heterocycles. The van der Waals surface area contributed by atoms with Gasteiger partial charge in [0.1, 0.15) is 24.7 Å². The highest BCUT2D eigenvalue weighted by atomic mass is 16.6. The summed E-state index contributed by atoms with van der Waals surface area (Å²) in [4.78, 5) is 20.8. The summed E-state index contributed by atoms with van der Waals surface area (Å²) in [6, 6.07) is 17.5. The Bertz CT molecular complexity index is 1000. The Labute approximate surface area is 182 Å². The maximum Gasteiger partial charge on any atom is 0.410 e. The quantitative estimate of drug-likeness (QED) is 0.581. The van der Waals surface area contributed by atoms with Gasteiger partial charge in [-0.2, -0.15) is 0 Å². The average molecular weight is 421 g/mol. The molecule has 2 aromatic carbocycles. The number of piperazine rings is 1. The van der Waals surface area contributed by atoms with Gasteiger partial charge in [-0.05, 0) is 23.8 Å². The van der Waals surface area contributed by atoms with Crippen LogP contribution in [-0.4, -0.2) is 67.3 Å². The number of hydrogen-bond acceptors (Lipinski definition) is 6. The Balaban J connectivity index is 1.22. The first-order chi connectivity index (χ1) is 15.2. The number of amides is 1. The van der Waals surface area contributed by atoms with E-state index in [0.717, 1.165) is 41.9 Å². The van der Waals surface area contributed by atoms with Gasteiger partial charge in [0.15, 0.2) is 0 Å². The number of methoxy groups -OCH3 is 1. The molecule has 7 heteroatoms. The molecule has 0 radical (unpaired) electrons.